The van der Waals surface area contributed by atoms with Gasteiger partial charge in [0.1, 0.15) is 11.4 Å². The first-order valence-electron chi connectivity index (χ1n) is 8.03. The van der Waals surface area contributed by atoms with Gasteiger partial charge in [-0.1, -0.05) is 18.0 Å². The van der Waals surface area contributed by atoms with E-state index in [4.69, 9.17) is 4.52 Å². The van der Waals surface area contributed by atoms with Crippen LogP contribution in [0, 0.1) is 0 Å². The smallest absolute Gasteiger partial charge is 0.383 e. The van der Waals surface area contributed by atoms with E-state index in [0.29, 0.717) is 5.56 Å². The van der Waals surface area contributed by atoms with E-state index in [9.17, 15) is 18.3 Å². The second kappa shape index (κ2) is 5.05. The van der Waals surface area contributed by atoms with Crippen molar-refractivity contribution in [2.45, 2.75) is 55.7 Å². The second-order valence-corrected chi connectivity index (χ2v) is 6.95. The molecule has 0 aromatic carbocycles. The molecule has 1 saturated carbocycles. The Morgan fingerprint density at radius 3 is 2.67 bits per heavy atom. The molecule has 24 heavy (non-hydrogen) atoms. The van der Waals surface area contributed by atoms with Crippen LogP contribution in [0.4, 0.5) is 13.2 Å². The van der Waals surface area contributed by atoms with E-state index in [-0.39, 0.29) is 18.5 Å². The standard InChI is InChI=1S/C17H17F3N2O2/c18-17(19,20)12-4-3-7-21-13(12)16(23)8-11-9-22-24-14(11)15(10-16)5-1-2-6-15/h3-4,7,9,23H,1-2,5-6,8,10H2. The molecule has 0 saturated heterocycles. The number of pyridine rings is 1. The van der Waals surface area contributed by atoms with E-state index in [2.05, 4.69) is 10.1 Å². The number of rotatable bonds is 1. The van der Waals surface area contributed by atoms with Crippen LogP contribution >= 0.6 is 0 Å². The molecule has 2 aromatic heterocycles. The molecule has 4 nitrogen and oxygen atoms in total. The molecule has 2 heterocycles. The van der Waals surface area contributed by atoms with E-state index in [1.54, 1.807) is 0 Å². The van der Waals surface area contributed by atoms with Gasteiger partial charge >= 0.3 is 6.18 Å². The molecule has 0 radical (unpaired) electrons. The molecule has 0 amide bonds. The van der Waals surface area contributed by atoms with E-state index < -0.39 is 22.8 Å². The molecule has 7 heteroatoms. The lowest BCUT2D eigenvalue weighted by molar-refractivity contribution is -0.142. The van der Waals surface area contributed by atoms with E-state index in [0.717, 1.165) is 37.5 Å². The molecule has 0 bridgehead atoms. The Morgan fingerprint density at radius 2 is 1.96 bits per heavy atom. The van der Waals surface area contributed by atoms with Crippen molar-refractivity contribution in [2.75, 3.05) is 0 Å². The summed E-state index contributed by atoms with van der Waals surface area (Å²) in [5, 5.41) is 15.1. The van der Waals surface area contributed by atoms with Crippen LogP contribution in [-0.2, 0) is 23.6 Å². The Kier molecular flexibility index (Phi) is 3.29. The zero-order valence-corrected chi connectivity index (χ0v) is 12.9. The first-order chi connectivity index (χ1) is 11.3. The van der Waals surface area contributed by atoms with Crippen molar-refractivity contribution in [3.8, 4) is 0 Å². The fourth-order valence-electron chi connectivity index (χ4n) is 4.47. The van der Waals surface area contributed by atoms with Crippen molar-refractivity contribution in [3.05, 3.63) is 47.1 Å². The fraction of sp³-hybridized carbons (Fsp3) is 0.529. The molecule has 2 aliphatic carbocycles. The zero-order chi connectivity index (χ0) is 17.0. The number of alkyl halides is 3. The van der Waals surface area contributed by atoms with Gasteiger partial charge in [0.2, 0.25) is 0 Å². The maximum atomic E-state index is 13.4. The third-order valence-corrected chi connectivity index (χ3v) is 5.35. The second-order valence-electron chi connectivity index (χ2n) is 6.95. The lowest BCUT2D eigenvalue weighted by Crippen LogP contribution is -2.44. The number of fused-ring (bicyclic) bond motifs is 2. The largest absolute Gasteiger partial charge is 0.418 e. The molecule has 2 aromatic rings. The number of hydrogen-bond donors (Lipinski definition) is 1. The molecule has 1 fully saturated rings. The SMILES string of the molecule is OC1(c2ncccc2C(F)(F)F)Cc2cnoc2C2(CCCC2)C1. The molecular formula is C17H17F3N2O2. The Hall–Kier alpha value is -1.89. The molecule has 1 spiro atoms. The highest BCUT2D eigenvalue weighted by molar-refractivity contribution is 5.37. The van der Waals surface area contributed by atoms with Crippen molar-refractivity contribution < 1.29 is 22.8 Å². The number of nitrogens with zero attached hydrogens (tertiary/aromatic N) is 2. The summed E-state index contributed by atoms with van der Waals surface area (Å²) in [6.45, 7) is 0. The van der Waals surface area contributed by atoms with Crippen LogP contribution in [0.2, 0.25) is 0 Å². The lowest BCUT2D eigenvalue weighted by Gasteiger charge is -2.42. The fourth-order valence-corrected chi connectivity index (χ4v) is 4.47. The zero-order valence-electron chi connectivity index (χ0n) is 12.9. The summed E-state index contributed by atoms with van der Waals surface area (Å²) in [6, 6.07) is 2.22. The minimum Gasteiger partial charge on any atom is -0.383 e. The predicted molar refractivity (Wildman–Crippen MR) is 78.1 cm³/mol. The highest BCUT2D eigenvalue weighted by atomic mass is 19.4. The summed E-state index contributed by atoms with van der Waals surface area (Å²) in [5.74, 6) is 0.731. The molecule has 1 unspecified atom stereocenters. The molecule has 2 aliphatic rings. The lowest BCUT2D eigenvalue weighted by atomic mass is 9.65. The average Bonchev–Trinajstić information content (AvgIpc) is 3.16. The summed E-state index contributed by atoms with van der Waals surface area (Å²) in [7, 11) is 0. The minimum absolute atomic E-state index is 0.0354. The number of aromatic nitrogens is 2. The summed E-state index contributed by atoms with van der Waals surface area (Å²) in [4.78, 5) is 3.93. The van der Waals surface area contributed by atoms with Crippen molar-refractivity contribution >= 4 is 0 Å². The first kappa shape index (κ1) is 15.6. The van der Waals surface area contributed by atoms with E-state index in [1.165, 1.54) is 18.5 Å². The van der Waals surface area contributed by atoms with Gasteiger partial charge in [0, 0.05) is 23.6 Å². The van der Waals surface area contributed by atoms with Crippen molar-refractivity contribution in [1.82, 2.24) is 10.1 Å². The Bertz CT molecular complexity index is 765. The highest BCUT2D eigenvalue weighted by Crippen LogP contribution is 2.54. The molecule has 128 valence electrons. The maximum Gasteiger partial charge on any atom is 0.418 e. The highest BCUT2D eigenvalue weighted by Gasteiger charge is 2.54. The number of aliphatic hydroxyl groups is 1. The summed E-state index contributed by atoms with van der Waals surface area (Å²) >= 11 is 0. The van der Waals surface area contributed by atoms with Crippen LogP contribution in [0.5, 0.6) is 0 Å². The van der Waals surface area contributed by atoms with Crippen molar-refractivity contribution in [2.24, 2.45) is 0 Å². The topological polar surface area (TPSA) is 59.2 Å². The summed E-state index contributed by atoms with van der Waals surface area (Å²) in [6.07, 6.45) is 1.96. The molecule has 1 atom stereocenters. The van der Waals surface area contributed by atoms with Crippen molar-refractivity contribution in [3.63, 3.8) is 0 Å². The quantitative estimate of drug-likeness (QED) is 0.861. The number of hydrogen-bond acceptors (Lipinski definition) is 4. The van der Waals surface area contributed by atoms with Crippen LogP contribution in [0.3, 0.4) is 0 Å². The van der Waals surface area contributed by atoms with Gasteiger partial charge in [-0.15, -0.1) is 0 Å². The van der Waals surface area contributed by atoms with Gasteiger partial charge in [-0.2, -0.15) is 13.2 Å². The Morgan fingerprint density at radius 1 is 1.21 bits per heavy atom. The van der Waals surface area contributed by atoms with Crippen LogP contribution in [0.1, 0.15) is 54.7 Å². The molecule has 1 N–H and O–H groups in total. The normalized spacial score (nSPS) is 25.8. The average molecular weight is 338 g/mol. The molecule has 4 rings (SSSR count). The Balaban J connectivity index is 1.85. The summed E-state index contributed by atoms with van der Waals surface area (Å²) in [5.41, 5.74) is -2.60. The van der Waals surface area contributed by atoms with Crippen LogP contribution < -0.4 is 0 Å². The van der Waals surface area contributed by atoms with E-state index in [1.807, 2.05) is 0 Å². The van der Waals surface area contributed by atoms with Crippen LogP contribution in [-0.4, -0.2) is 15.2 Å². The van der Waals surface area contributed by atoms with Crippen molar-refractivity contribution in [1.29, 1.82) is 0 Å². The van der Waals surface area contributed by atoms with Gasteiger partial charge in [-0.25, -0.2) is 0 Å². The van der Waals surface area contributed by atoms with E-state index >= 15 is 0 Å². The van der Waals surface area contributed by atoms with Gasteiger partial charge in [0.05, 0.1) is 17.5 Å². The van der Waals surface area contributed by atoms with Gasteiger partial charge in [-0.05, 0) is 31.4 Å². The van der Waals surface area contributed by atoms with Gasteiger partial charge in [0.15, 0.2) is 0 Å². The monoisotopic (exact) mass is 338 g/mol. The number of halogens is 3. The van der Waals surface area contributed by atoms with Gasteiger partial charge < -0.3 is 9.63 Å². The van der Waals surface area contributed by atoms with Crippen LogP contribution in [0.15, 0.2) is 29.0 Å². The predicted octanol–water partition coefficient (Wildman–Crippen LogP) is 3.73. The summed E-state index contributed by atoms with van der Waals surface area (Å²) < 4.78 is 45.6. The van der Waals surface area contributed by atoms with Gasteiger partial charge in [0.25, 0.3) is 0 Å². The Labute approximate surface area is 136 Å². The van der Waals surface area contributed by atoms with Gasteiger partial charge in [-0.3, -0.25) is 4.98 Å². The third-order valence-electron chi connectivity index (χ3n) is 5.35. The first-order valence-corrected chi connectivity index (χ1v) is 8.03. The third kappa shape index (κ3) is 2.25. The molecular weight excluding hydrogens is 321 g/mol. The minimum atomic E-state index is -4.56. The molecule has 0 aliphatic heterocycles. The maximum absolute atomic E-state index is 13.4. The van der Waals surface area contributed by atoms with Crippen LogP contribution in [0.25, 0.3) is 0 Å².